The molecule has 0 aliphatic carbocycles. The lowest BCUT2D eigenvalue weighted by molar-refractivity contribution is 0.0853. The molecule has 1 aliphatic heterocycles. The third-order valence-corrected chi connectivity index (χ3v) is 4.26. The molecule has 2 N–H and O–H groups in total. The fraction of sp³-hybridized carbons (Fsp3) is 0.300. The Morgan fingerprint density at radius 3 is 2.56 bits per heavy atom. The number of carbonyl (C=O) groups is 3. The van der Waals surface area contributed by atoms with Crippen LogP contribution in [0.15, 0.2) is 42.5 Å². The maximum absolute atomic E-state index is 12.4. The highest BCUT2D eigenvalue weighted by atomic mass is 16.5. The minimum absolute atomic E-state index is 0.0361. The smallest absolute Gasteiger partial charge is 0.274 e. The van der Waals surface area contributed by atoms with Gasteiger partial charge in [-0.1, -0.05) is 18.2 Å². The van der Waals surface area contributed by atoms with Gasteiger partial charge in [-0.3, -0.25) is 14.4 Å². The molecule has 7 heteroatoms. The number of ether oxygens (including phenoxy) is 1. The number of amides is 2. The molecule has 1 unspecified atom stereocenters. The van der Waals surface area contributed by atoms with E-state index in [0.29, 0.717) is 17.8 Å². The first-order valence-corrected chi connectivity index (χ1v) is 8.82. The third-order valence-electron chi connectivity index (χ3n) is 4.26. The molecule has 0 saturated carbocycles. The summed E-state index contributed by atoms with van der Waals surface area (Å²) in [5.74, 6) is -0.891. The normalized spacial score (nSPS) is 16.0. The number of pyridine rings is 1. The summed E-state index contributed by atoms with van der Waals surface area (Å²) < 4.78 is 5.47. The molecular weight excluding hydrogens is 346 g/mol. The Morgan fingerprint density at radius 1 is 1.11 bits per heavy atom. The van der Waals surface area contributed by atoms with Gasteiger partial charge < -0.3 is 15.4 Å². The number of nitrogens with zero attached hydrogens (tertiary/aromatic N) is 1. The predicted molar refractivity (Wildman–Crippen MR) is 99.9 cm³/mol. The van der Waals surface area contributed by atoms with Crippen LogP contribution in [0.3, 0.4) is 0 Å². The fourth-order valence-corrected chi connectivity index (χ4v) is 2.80. The van der Waals surface area contributed by atoms with Gasteiger partial charge in [0.15, 0.2) is 5.78 Å². The summed E-state index contributed by atoms with van der Waals surface area (Å²) in [6, 6.07) is 11.3. The van der Waals surface area contributed by atoms with Crippen molar-refractivity contribution in [1.82, 2.24) is 10.3 Å². The molecule has 140 valence electrons. The van der Waals surface area contributed by atoms with Crippen molar-refractivity contribution in [3.05, 3.63) is 59.4 Å². The molecule has 3 rings (SSSR count). The second-order valence-electron chi connectivity index (χ2n) is 6.34. The average molecular weight is 367 g/mol. The minimum atomic E-state index is -0.454. The summed E-state index contributed by atoms with van der Waals surface area (Å²) in [5, 5.41) is 5.47. The largest absolute Gasteiger partial charge is 0.376 e. The van der Waals surface area contributed by atoms with Crippen molar-refractivity contribution in [2.24, 2.45) is 0 Å². The third kappa shape index (κ3) is 4.98. The number of aromatic nitrogens is 1. The Balaban J connectivity index is 1.65. The van der Waals surface area contributed by atoms with Crippen LogP contribution in [0.1, 0.15) is 51.1 Å². The molecule has 1 aliphatic rings. The van der Waals surface area contributed by atoms with Crippen LogP contribution >= 0.6 is 0 Å². The van der Waals surface area contributed by atoms with Crippen molar-refractivity contribution in [1.29, 1.82) is 0 Å². The molecule has 2 heterocycles. The number of hydrogen-bond donors (Lipinski definition) is 2. The van der Waals surface area contributed by atoms with Gasteiger partial charge in [-0.05, 0) is 44.0 Å². The van der Waals surface area contributed by atoms with E-state index in [1.165, 1.54) is 13.0 Å². The van der Waals surface area contributed by atoms with E-state index in [-0.39, 0.29) is 29.2 Å². The predicted octanol–water partition coefficient (Wildman–Crippen LogP) is 2.45. The van der Waals surface area contributed by atoms with E-state index in [9.17, 15) is 14.4 Å². The van der Waals surface area contributed by atoms with Crippen LogP contribution in [0.2, 0.25) is 0 Å². The molecule has 0 radical (unpaired) electrons. The summed E-state index contributed by atoms with van der Waals surface area (Å²) in [6.07, 6.45) is 1.96. The van der Waals surface area contributed by atoms with Crippen LogP contribution < -0.4 is 10.6 Å². The number of ketones is 1. The van der Waals surface area contributed by atoms with Gasteiger partial charge in [0.2, 0.25) is 0 Å². The zero-order valence-electron chi connectivity index (χ0n) is 15.0. The topological polar surface area (TPSA) is 97.4 Å². The van der Waals surface area contributed by atoms with Gasteiger partial charge in [-0.2, -0.15) is 0 Å². The Bertz CT molecular complexity index is 860. The average Bonchev–Trinajstić information content (AvgIpc) is 3.20. The molecule has 2 aromatic rings. The van der Waals surface area contributed by atoms with Crippen LogP contribution in [-0.4, -0.2) is 41.8 Å². The first-order valence-electron chi connectivity index (χ1n) is 8.82. The monoisotopic (exact) mass is 367 g/mol. The van der Waals surface area contributed by atoms with E-state index >= 15 is 0 Å². The number of anilines is 1. The van der Waals surface area contributed by atoms with E-state index in [1.54, 1.807) is 36.4 Å². The Labute approximate surface area is 157 Å². The van der Waals surface area contributed by atoms with Crippen molar-refractivity contribution >= 4 is 23.3 Å². The maximum atomic E-state index is 12.4. The maximum Gasteiger partial charge on any atom is 0.274 e. The van der Waals surface area contributed by atoms with Gasteiger partial charge in [-0.25, -0.2) is 4.98 Å². The van der Waals surface area contributed by atoms with E-state index in [4.69, 9.17) is 4.74 Å². The lowest BCUT2D eigenvalue weighted by atomic mass is 10.1. The highest BCUT2D eigenvalue weighted by Gasteiger charge is 2.18. The highest BCUT2D eigenvalue weighted by molar-refractivity contribution is 6.04. The van der Waals surface area contributed by atoms with Crippen LogP contribution in [0.25, 0.3) is 0 Å². The van der Waals surface area contributed by atoms with Gasteiger partial charge in [0.1, 0.15) is 11.4 Å². The summed E-state index contributed by atoms with van der Waals surface area (Å²) in [5.41, 5.74) is 1.27. The van der Waals surface area contributed by atoms with Crippen molar-refractivity contribution in [3.63, 3.8) is 0 Å². The Kier molecular flexibility index (Phi) is 5.93. The van der Waals surface area contributed by atoms with Gasteiger partial charge in [-0.15, -0.1) is 0 Å². The molecule has 1 atom stereocenters. The van der Waals surface area contributed by atoms with Gasteiger partial charge >= 0.3 is 0 Å². The summed E-state index contributed by atoms with van der Waals surface area (Å²) in [4.78, 5) is 40.3. The number of carbonyl (C=O) groups excluding carboxylic acids is 3. The molecule has 1 aromatic heterocycles. The SMILES string of the molecule is CC(=O)c1cccc(NC(=O)c2cccc(C(=O)NCC3CCCO3)n2)c1. The summed E-state index contributed by atoms with van der Waals surface area (Å²) in [7, 11) is 0. The second-order valence-corrected chi connectivity index (χ2v) is 6.34. The summed E-state index contributed by atoms with van der Waals surface area (Å²) in [6.45, 7) is 2.61. The lowest BCUT2D eigenvalue weighted by Crippen LogP contribution is -2.32. The molecular formula is C20H21N3O4. The van der Waals surface area contributed by atoms with Gasteiger partial charge in [0, 0.05) is 24.4 Å². The molecule has 0 bridgehead atoms. The van der Waals surface area contributed by atoms with E-state index in [0.717, 1.165) is 19.4 Å². The van der Waals surface area contributed by atoms with E-state index in [1.807, 2.05) is 0 Å². The Morgan fingerprint density at radius 2 is 1.85 bits per heavy atom. The quantitative estimate of drug-likeness (QED) is 0.765. The molecule has 1 fully saturated rings. The van der Waals surface area contributed by atoms with Crippen molar-refractivity contribution in [3.8, 4) is 0 Å². The number of rotatable bonds is 6. The van der Waals surface area contributed by atoms with E-state index in [2.05, 4.69) is 15.6 Å². The van der Waals surface area contributed by atoms with Crippen molar-refractivity contribution < 1.29 is 19.1 Å². The van der Waals surface area contributed by atoms with E-state index < -0.39 is 5.91 Å². The number of hydrogen-bond acceptors (Lipinski definition) is 5. The van der Waals surface area contributed by atoms with Crippen LogP contribution in [0, 0.1) is 0 Å². The second kappa shape index (κ2) is 8.55. The molecule has 1 saturated heterocycles. The van der Waals surface area contributed by atoms with Crippen LogP contribution in [-0.2, 0) is 4.74 Å². The molecule has 27 heavy (non-hydrogen) atoms. The fourth-order valence-electron chi connectivity index (χ4n) is 2.80. The van der Waals surface area contributed by atoms with Crippen molar-refractivity contribution in [2.75, 3.05) is 18.5 Å². The lowest BCUT2D eigenvalue weighted by Gasteiger charge is -2.11. The minimum Gasteiger partial charge on any atom is -0.376 e. The molecule has 2 amide bonds. The van der Waals surface area contributed by atoms with Gasteiger partial charge in [0.25, 0.3) is 11.8 Å². The molecule has 0 spiro atoms. The first-order chi connectivity index (χ1) is 13.0. The molecule has 7 nitrogen and oxygen atoms in total. The van der Waals surface area contributed by atoms with Gasteiger partial charge in [0.05, 0.1) is 6.10 Å². The number of benzene rings is 1. The summed E-state index contributed by atoms with van der Waals surface area (Å²) >= 11 is 0. The Hall–Kier alpha value is -3.06. The van der Waals surface area contributed by atoms with Crippen molar-refractivity contribution in [2.45, 2.75) is 25.9 Å². The van der Waals surface area contributed by atoms with Crippen LogP contribution in [0.5, 0.6) is 0 Å². The highest BCUT2D eigenvalue weighted by Crippen LogP contribution is 2.13. The molecule has 1 aromatic carbocycles. The number of nitrogens with one attached hydrogen (secondary N) is 2. The standard InChI is InChI=1S/C20H21N3O4/c1-13(24)14-5-2-6-15(11-14)22-20(26)18-9-3-8-17(23-18)19(25)21-12-16-7-4-10-27-16/h2-3,5-6,8-9,11,16H,4,7,10,12H2,1H3,(H,21,25)(H,22,26). The zero-order valence-corrected chi connectivity index (χ0v) is 15.0. The van der Waals surface area contributed by atoms with Crippen LogP contribution in [0.4, 0.5) is 5.69 Å². The number of Topliss-reactive ketones (excluding diaryl/α,β-unsaturated/α-hetero) is 1. The first kappa shape index (κ1) is 18.7. The zero-order chi connectivity index (χ0) is 19.2.